The van der Waals surface area contributed by atoms with Crippen LogP contribution in [0.4, 0.5) is 4.39 Å². The van der Waals surface area contributed by atoms with Gasteiger partial charge in [-0.1, -0.05) is 0 Å². The third-order valence-electron chi connectivity index (χ3n) is 0.678. The van der Waals surface area contributed by atoms with E-state index in [2.05, 4.69) is 6.07 Å². The van der Waals surface area contributed by atoms with Gasteiger partial charge in [-0.15, -0.1) is 12.1 Å². The Hall–Kier alpha value is 0.613. The standard InChI is InChI=1S/C6H4F.2ClH.Zr/c7-6-4-2-1-3-5-6;;;/h2-5H;2*1H;/q-1;;;+3/p-2. The second-order valence-electron chi connectivity index (χ2n) is 1.22. The summed E-state index contributed by atoms with van der Waals surface area (Å²) in [7, 11) is 0. The van der Waals surface area contributed by atoms with Crippen LogP contribution in [0.15, 0.2) is 24.3 Å². The van der Waals surface area contributed by atoms with Gasteiger partial charge in [-0.05, 0) is 0 Å². The van der Waals surface area contributed by atoms with Crippen LogP contribution in [0.2, 0.25) is 0 Å². The number of rotatable bonds is 0. The molecule has 0 saturated heterocycles. The minimum atomic E-state index is -0.209. The molecular formula is C6H4Cl2FZr. The third kappa shape index (κ3) is 6.73. The predicted molar refractivity (Wildman–Crippen MR) is 25.2 cm³/mol. The zero-order chi connectivity index (χ0) is 5.11. The van der Waals surface area contributed by atoms with Crippen LogP contribution in [0, 0.1) is 11.9 Å². The van der Waals surface area contributed by atoms with Gasteiger partial charge in [0.1, 0.15) is 0 Å². The van der Waals surface area contributed by atoms with E-state index in [0.29, 0.717) is 0 Å². The average molecular weight is 257 g/mol. The molecule has 0 aliphatic carbocycles. The van der Waals surface area contributed by atoms with E-state index >= 15 is 0 Å². The molecule has 0 N–H and O–H groups in total. The molecule has 0 atom stereocenters. The van der Waals surface area contributed by atoms with Crippen molar-refractivity contribution in [1.82, 2.24) is 0 Å². The van der Waals surface area contributed by atoms with Crippen molar-refractivity contribution in [3.63, 3.8) is 0 Å². The van der Waals surface area contributed by atoms with Crippen molar-refractivity contribution >= 4 is 0 Å². The molecule has 0 aromatic heterocycles. The van der Waals surface area contributed by atoms with E-state index < -0.39 is 0 Å². The molecule has 0 saturated carbocycles. The molecule has 0 aliphatic heterocycles. The smallest absolute Gasteiger partial charge is 1.00 e. The first kappa shape index (κ1) is 16.9. The predicted octanol–water partition coefficient (Wildman–Crippen LogP) is -4.37. The molecule has 10 heavy (non-hydrogen) atoms. The van der Waals surface area contributed by atoms with Crippen molar-refractivity contribution < 1.29 is 55.4 Å². The first-order chi connectivity index (χ1) is 3.39. The van der Waals surface area contributed by atoms with Crippen molar-refractivity contribution in [3.8, 4) is 0 Å². The van der Waals surface area contributed by atoms with Gasteiger partial charge in [-0.2, -0.15) is 18.2 Å². The first-order valence-electron chi connectivity index (χ1n) is 2.01. The van der Waals surface area contributed by atoms with Gasteiger partial charge in [0.05, 0.1) is 0 Å². The largest absolute Gasteiger partial charge is 3.00 e. The summed E-state index contributed by atoms with van der Waals surface area (Å²) < 4.78 is 11.9. The van der Waals surface area contributed by atoms with Crippen LogP contribution in [-0.4, -0.2) is 0 Å². The van der Waals surface area contributed by atoms with Gasteiger partial charge >= 0.3 is 26.2 Å². The van der Waals surface area contributed by atoms with E-state index in [4.69, 9.17) is 0 Å². The SMILES string of the molecule is Fc1cc[c-]cc1.[Cl-].[Cl-].[Zr+3]. The molecule has 4 heteroatoms. The summed E-state index contributed by atoms with van der Waals surface area (Å²) in [5.41, 5.74) is 0. The summed E-state index contributed by atoms with van der Waals surface area (Å²) >= 11 is 0. The first-order valence-corrected chi connectivity index (χ1v) is 2.01. The summed E-state index contributed by atoms with van der Waals surface area (Å²) in [5, 5.41) is 0. The molecule has 0 aliphatic rings. The molecule has 53 valence electrons. The van der Waals surface area contributed by atoms with E-state index in [1.54, 1.807) is 0 Å². The second-order valence-corrected chi connectivity index (χ2v) is 1.22. The molecule has 0 bridgehead atoms. The van der Waals surface area contributed by atoms with E-state index in [9.17, 15) is 4.39 Å². The minimum absolute atomic E-state index is 0. The fraction of sp³-hybridized carbons (Fsp3) is 0. The van der Waals surface area contributed by atoms with Gasteiger partial charge in [-0.25, -0.2) is 4.39 Å². The van der Waals surface area contributed by atoms with Crippen molar-refractivity contribution in [2.75, 3.05) is 0 Å². The molecule has 1 rings (SSSR count). The van der Waals surface area contributed by atoms with Crippen LogP contribution < -0.4 is 24.8 Å². The molecule has 0 spiro atoms. The Labute approximate surface area is 91.2 Å². The van der Waals surface area contributed by atoms with Crippen LogP contribution in [0.1, 0.15) is 0 Å². The fourth-order valence-electron chi connectivity index (χ4n) is 0.367. The maximum absolute atomic E-state index is 11.9. The van der Waals surface area contributed by atoms with E-state index in [1.165, 1.54) is 24.3 Å². The van der Waals surface area contributed by atoms with Gasteiger partial charge in [-0.3, -0.25) is 0 Å². The van der Waals surface area contributed by atoms with Crippen LogP contribution >= 0.6 is 0 Å². The van der Waals surface area contributed by atoms with Crippen LogP contribution in [0.5, 0.6) is 0 Å². The van der Waals surface area contributed by atoms with Gasteiger partial charge in [0.15, 0.2) is 0 Å². The van der Waals surface area contributed by atoms with Crippen molar-refractivity contribution in [3.05, 3.63) is 36.1 Å². The van der Waals surface area contributed by atoms with Crippen LogP contribution in [-0.2, 0) is 26.2 Å². The van der Waals surface area contributed by atoms with Gasteiger partial charge in [0.2, 0.25) is 0 Å². The number of benzene rings is 1. The summed E-state index contributed by atoms with van der Waals surface area (Å²) in [4.78, 5) is 0. The topological polar surface area (TPSA) is 0 Å². The van der Waals surface area contributed by atoms with E-state index in [0.717, 1.165) is 0 Å². The molecule has 1 aromatic rings. The Morgan fingerprint density at radius 1 is 1.10 bits per heavy atom. The summed E-state index contributed by atoms with van der Waals surface area (Å²) in [6.45, 7) is 0. The molecule has 0 unspecified atom stereocenters. The number of hydrogen-bond donors (Lipinski definition) is 0. The molecule has 0 fully saturated rings. The maximum atomic E-state index is 11.9. The van der Waals surface area contributed by atoms with Crippen LogP contribution in [0.25, 0.3) is 0 Å². The maximum Gasteiger partial charge on any atom is 3.00 e. The molecule has 1 aromatic carbocycles. The van der Waals surface area contributed by atoms with Gasteiger partial charge < -0.3 is 24.8 Å². The molecule has 0 amide bonds. The Bertz CT molecular complexity index is 146. The quantitative estimate of drug-likeness (QED) is 0.412. The van der Waals surface area contributed by atoms with Gasteiger partial charge in [0, 0.05) is 5.82 Å². The van der Waals surface area contributed by atoms with Crippen molar-refractivity contribution in [1.29, 1.82) is 0 Å². The Morgan fingerprint density at radius 2 is 1.50 bits per heavy atom. The monoisotopic (exact) mass is 255 g/mol. The molecule has 0 heterocycles. The summed E-state index contributed by atoms with van der Waals surface area (Å²) in [6.07, 6.45) is 0. The summed E-state index contributed by atoms with van der Waals surface area (Å²) in [6, 6.07) is 8.49. The third-order valence-corrected chi connectivity index (χ3v) is 0.678. The molecule has 1 radical (unpaired) electrons. The Kier molecular flexibility index (Phi) is 16.3. The molecule has 0 nitrogen and oxygen atoms in total. The Balaban J connectivity index is -0.000000163. The summed E-state index contributed by atoms with van der Waals surface area (Å²) in [5.74, 6) is -0.209. The van der Waals surface area contributed by atoms with Crippen LogP contribution in [0.3, 0.4) is 0 Å². The Morgan fingerprint density at radius 3 is 1.70 bits per heavy atom. The van der Waals surface area contributed by atoms with E-state index in [-0.39, 0.29) is 56.8 Å². The average Bonchev–Trinajstić information content (AvgIpc) is 1.69. The zero-order valence-electron chi connectivity index (χ0n) is 4.94. The van der Waals surface area contributed by atoms with E-state index in [1.807, 2.05) is 0 Å². The minimum Gasteiger partial charge on any atom is -1.00 e. The molecular weight excluding hydrogens is 253 g/mol. The van der Waals surface area contributed by atoms with Crippen molar-refractivity contribution in [2.24, 2.45) is 0 Å². The van der Waals surface area contributed by atoms with Crippen molar-refractivity contribution in [2.45, 2.75) is 0 Å². The number of hydrogen-bond acceptors (Lipinski definition) is 0. The fourth-order valence-corrected chi connectivity index (χ4v) is 0.367. The van der Waals surface area contributed by atoms with Gasteiger partial charge in [0.25, 0.3) is 0 Å². The number of halogens is 3. The second kappa shape index (κ2) is 9.61. The normalized spacial score (nSPS) is 6.10. The zero-order valence-corrected chi connectivity index (χ0v) is 8.91.